The van der Waals surface area contributed by atoms with Gasteiger partial charge in [0.05, 0.1) is 6.04 Å². The van der Waals surface area contributed by atoms with Crippen LogP contribution in [0.5, 0.6) is 5.75 Å². The Morgan fingerprint density at radius 1 is 0.767 bits per heavy atom. The molecule has 4 aromatic carbocycles. The first-order valence-corrected chi connectivity index (χ1v) is 9.68. The van der Waals surface area contributed by atoms with E-state index in [2.05, 4.69) is 0 Å². The number of aliphatic imine (C=N–C) groups is 1. The zero-order valence-electron chi connectivity index (χ0n) is 16.5. The van der Waals surface area contributed by atoms with E-state index in [-0.39, 0.29) is 22.8 Å². The standard InChI is InChI=1S/C26H23NO2.Cu/c1-19(27-18-24-23-15-9-8-10-20(23)16-17-25(24)28)26(29,21-11-4-2-5-12-21)22-13-6-3-7-14-22;/h2-19,28-29H,1H3;/t19-;/m1./s1. The first-order valence-electron chi connectivity index (χ1n) is 9.68. The van der Waals surface area contributed by atoms with Crippen LogP contribution in [0, 0.1) is 0 Å². The fourth-order valence-corrected chi connectivity index (χ4v) is 3.75. The number of aromatic hydroxyl groups is 1. The molecule has 1 radical (unpaired) electrons. The third kappa shape index (κ3) is 4.03. The summed E-state index contributed by atoms with van der Waals surface area (Å²) >= 11 is 0. The number of nitrogens with zero attached hydrogens (tertiary/aromatic N) is 1. The number of hydrogen-bond acceptors (Lipinski definition) is 3. The molecule has 0 saturated carbocycles. The van der Waals surface area contributed by atoms with Crippen LogP contribution in [0.4, 0.5) is 0 Å². The molecule has 0 unspecified atom stereocenters. The Morgan fingerprint density at radius 2 is 1.30 bits per heavy atom. The summed E-state index contributed by atoms with van der Waals surface area (Å²) in [5, 5.41) is 24.2. The summed E-state index contributed by atoms with van der Waals surface area (Å²) in [7, 11) is 0. The van der Waals surface area contributed by atoms with Crippen molar-refractivity contribution in [2.24, 2.45) is 4.99 Å². The Morgan fingerprint density at radius 3 is 1.90 bits per heavy atom. The van der Waals surface area contributed by atoms with Crippen LogP contribution in [0.15, 0.2) is 102 Å². The van der Waals surface area contributed by atoms with E-state index in [4.69, 9.17) is 4.99 Å². The summed E-state index contributed by atoms with van der Waals surface area (Å²) in [4.78, 5) is 4.70. The van der Waals surface area contributed by atoms with Gasteiger partial charge in [-0.15, -0.1) is 0 Å². The monoisotopic (exact) mass is 444 g/mol. The van der Waals surface area contributed by atoms with Crippen molar-refractivity contribution in [3.05, 3.63) is 114 Å². The molecule has 3 nitrogen and oxygen atoms in total. The second-order valence-corrected chi connectivity index (χ2v) is 7.17. The smallest absolute Gasteiger partial charge is 0.137 e. The quantitative estimate of drug-likeness (QED) is 0.324. The molecule has 0 saturated heterocycles. The van der Waals surface area contributed by atoms with Crippen molar-refractivity contribution in [1.82, 2.24) is 0 Å². The van der Waals surface area contributed by atoms with Gasteiger partial charge < -0.3 is 10.2 Å². The molecule has 4 rings (SSSR count). The molecule has 0 aromatic heterocycles. The molecule has 2 N–H and O–H groups in total. The molecule has 0 aliphatic carbocycles. The van der Waals surface area contributed by atoms with Gasteiger partial charge in [0.15, 0.2) is 0 Å². The van der Waals surface area contributed by atoms with Crippen LogP contribution in [-0.4, -0.2) is 22.5 Å². The Labute approximate surface area is 187 Å². The largest absolute Gasteiger partial charge is 0.507 e. The molecule has 155 valence electrons. The molecule has 0 aliphatic rings. The van der Waals surface area contributed by atoms with Gasteiger partial charge in [0, 0.05) is 28.8 Å². The molecule has 0 bridgehead atoms. The Balaban J connectivity index is 0.00000256. The molecule has 30 heavy (non-hydrogen) atoms. The molecule has 0 aliphatic heterocycles. The van der Waals surface area contributed by atoms with E-state index in [1.54, 1.807) is 12.3 Å². The van der Waals surface area contributed by atoms with Crippen LogP contribution < -0.4 is 0 Å². The molecule has 4 aromatic rings. The zero-order valence-corrected chi connectivity index (χ0v) is 17.5. The first kappa shape index (κ1) is 21.8. The topological polar surface area (TPSA) is 52.8 Å². The fraction of sp³-hybridized carbons (Fsp3) is 0.115. The van der Waals surface area contributed by atoms with E-state index in [1.807, 2.05) is 97.9 Å². The second-order valence-electron chi connectivity index (χ2n) is 7.17. The van der Waals surface area contributed by atoms with Gasteiger partial charge in [0.2, 0.25) is 0 Å². The third-order valence-corrected chi connectivity index (χ3v) is 5.41. The Bertz CT molecular complexity index is 1100. The predicted molar refractivity (Wildman–Crippen MR) is 119 cm³/mol. The van der Waals surface area contributed by atoms with E-state index >= 15 is 0 Å². The number of benzene rings is 4. The minimum absolute atomic E-state index is 0. The molecular formula is C26H23CuNO2. The minimum Gasteiger partial charge on any atom is -0.507 e. The van der Waals surface area contributed by atoms with Gasteiger partial charge in [0.25, 0.3) is 0 Å². The van der Waals surface area contributed by atoms with Crippen LogP contribution in [-0.2, 0) is 22.7 Å². The van der Waals surface area contributed by atoms with Gasteiger partial charge in [-0.2, -0.15) is 0 Å². The van der Waals surface area contributed by atoms with E-state index in [0.717, 1.165) is 21.9 Å². The maximum Gasteiger partial charge on any atom is 0.137 e. The van der Waals surface area contributed by atoms with Crippen molar-refractivity contribution in [1.29, 1.82) is 0 Å². The Kier molecular flexibility index (Phi) is 6.73. The number of phenolic OH excluding ortho intramolecular Hbond substituents is 1. The van der Waals surface area contributed by atoms with Crippen molar-refractivity contribution in [3.63, 3.8) is 0 Å². The molecule has 0 amide bonds. The molecular weight excluding hydrogens is 422 g/mol. The number of phenols is 1. The molecule has 0 heterocycles. The van der Waals surface area contributed by atoms with Gasteiger partial charge in [-0.1, -0.05) is 91.0 Å². The summed E-state index contributed by atoms with van der Waals surface area (Å²) < 4.78 is 0. The van der Waals surface area contributed by atoms with Crippen LogP contribution in [0.1, 0.15) is 23.6 Å². The van der Waals surface area contributed by atoms with Crippen molar-refractivity contribution in [2.75, 3.05) is 0 Å². The average molecular weight is 445 g/mol. The Hall–Kier alpha value is -2.91. The van der Waals surface area contributed by atoms with E-state index in [1.165, 1.54) is 0 Å². The van der Waals surface area contributed by atoms with Crippen LogP contribution >= 0.6 is 0 Å². The van der Waals surface area contributed by atoms with Gasteiger partial charge in [-0.3, -0.25) is 4.99 Å². The second kappa shape index (κ2) is 9.27. The summed E-state index contributed by atoms with van der Waals surface area (Å²) in [6.07, 6.45) is 1.67. The van der Waals surface area contributed by atoms with E-state index in [9.17, 15) is 10.2 Å². The average Bonchev–Trinajstić information content (AvgIpc) is 2.79. The number of aliphatic hydroxyl groups is 1. The first-order chi connectivity index (χ1) is 14.1. The maximum absolute atomic E-state index is 11.8. The van der Waals surface area contributed by atoms with Gasteiger partial charge in [-0.05, 0) is 34.9 Å². The van der Waals surface area contributed by atoms with Crippen molar-refractivity contribution >= 4 is 17.0 Å². The predicted octanol–water partition coefficient (Wildman–Crippen LogP) is 5.29. The van der Waals surface area contributed by atoms with Crippen LogP contribution in [0.25, 0.3) is 10.8 Å². The summed E-state index contributed by atoms with van der Waals surface area (Å²) in [6.45, 7) is 1.89. The van der Waals surface area contributed by atoms with Gasteiger partial charge in [-0.25, -0.2) is 0 Å². The zero-order chi connectivity index (χ0) is 20.3. The minimum atomic E-state index is -1.29. The summed E-state index contributed by atoms with van der Waals surface area (Å²) in [6, 6.07) is 30.1. The van der Waals surface area contributed by atoms with Crippen molar-refractivity contribution in [3.8, 4) is 5.75 Å². The van der Waals surface area contributed by atoms with Crippen LogP contribution in [0.2, 0.25) is 0 Å². The number of fused-ring (bicyclic) bond motifs is 1. The summed E-state index contributed by atoms with van der Waals surface area (Å²) in [5.74, 6) is 0.169. The van der Waals surface area contributed by atoms with Crippen molar-refractivity contribution < 1.29 is 27.3 Å². The molecule has 0 spiro atoms. The van der Waals surface area contributed by atoms with Crippen LogP contribution in [0.3, 0.4) is 0 Å². The van der Waals surface area contributed by atoms with E-state index in [0.29, 0.717) is 5.56 Å². The molecule has 0 fully saturated rings. The van der Waals surface area contributed by atoms with Gasteiger partial charge in [0.1, 0.15) is 11.4 Å². The van der Waals surface area contributed by atoms with E-state index < -0.39 is 11.6 Å². The molecule has 1 atom stereocenters. The fourth-order valence-electron chi connectivity index (χ4n) is 3.75. The van der Waals surface area contributed by atoms with Crippen molar-refractivity contribution in [2.45, 2.75) is 18.6 Å². The SMILES string of the molecule is C[C@@H](N=Cc1c(O)ccc2ccccc12)C(O)(c1ccccc1)c1ccccc1.[Cu]. The third-order valence-electron chi connectivity index (χ3n) is 5.41. The van der Waals surface area contributed by atoms with Gasteiger partial charge >= 0.3 is 0 Å². The number of hydrogen-bond donors (Lipinski definition) is 2. The maximum atomic E-state index is 11.8. The summed E-state index contributed by atoms with van der Waals surface area (Å²) in [5.41, 5.74) is 0.911. The number of rotatable bonds is 5. The normalized spacial score (nSPS) is 12.6. The molecule has 4 heteroatoms.